The van der Waals surface area contributed by atoms with E-state index in [1.165, 1.54) is 43.2 Å². The number of hydrogen-bond donors (Lipinski definition) is 1. The molecule has 3 rings (SSSR count). The summed E-state index contributed by atoms with van der Waals surface area (Å²) in [6, 6.07) is 0. The van der Waals surface area contributed by atoms with Gasteiger partial charge < -0.3 is 5.32 Å². The Kier molecular flexibility index (Phi) is 3.95. The summed E-state index contributed by atoms with van der Waals surface area (Å²) < 4.78 is 12.2. The van der Waals surface area contributed by atoms with E-state index in [0.29, 0.717) is 20.4 Å². The van der Waals surface area contributed by atoms with Crippen molar-refractivity contribution >= 4 is 28.0 Å². The summed E-state index contributed by atoms with van der Waals surface area (Å²) in [5, 5.41) is 2.98. The second-order valence-corrected chi connectivity index (χ2v) is 8.73. The van der Waals surface area contributed by atoms with E-state index in [0.717, 1.165) is 18.9 Å². The van der Waals surface area contributed by atoms with E-state index in [1.807, 2.05) is 6.92 Å². The van der Waals surface area contributed by atoms with E-state index in [4.69, 9.17) is 0 Å². The first-order chi connectivity index (χ1) is 9.64. The molecule has 0 spiro atoms. The molecule has 20 heavy (non-hydrogen) atoms. The van der Waals surface area contributed by atoms with Gasteiger partial charge in [0.1, 0.15) is 4.88 Å². The molecule has 0 bridgehead atoms. The number of fused-ring (bicyclic) bond motifs is 1. The first kappa shape index (κ1) is 14.2. The number of carbonyl (C=O) groups excluding carboxylic acids is 1. The highest BCUT2D eigenvalue weighted by Crippen LogP contribution is 2.65. The Morgan fingerprint density at radius 3 is 3.15 bits per heavy atom. The van der Waals surface area contributed by atoms with Crippen molar-refractivity contribution in [2.24, 2.45) is 11.3 Å². The molecule has 1 aromatic rings. The molecular formula is C14H20N2O2S2. The summed E-state index contributed by atoms with van der Waals surface area (Å²) >= 11 is 1.24. The Hall–Kier alpha value is -0.750. The maximum Gasteiger partial charge on any atom is 0.263 e. The zero-order valence-electron chi connectivity index (χ0n) is 11.7. The molecule has 1 aromatic heterocycles. The number of rotatable bonds is 6. The number of amides is 1. The molecule has 110 valence electrons. The fourth-order valence-electron chi connectivity index (χ4n) is 3.38. The molecule has 6 heteroatoms. The summed E-state index contributed by atoms with van der Waals surface area (Å²) in [4.78, 5) is 16.7. The second kappa shape index (κ2) is 5.56. The van der Waals surface area contributed by atoms with Gasteiger partial charge in [-0.2, -0.15) is 0 Å². The Bertz CT molecular complexity index is 543. The Morgan fingerprint density at radius 2 is 2.50 bits per heavy atom. The van der Waals surface area contributed by atoms with Crippen LogP contribution in [0.25, 0.3) is 0 Å². The van der Waals surface area contributed by atoms with Gasteiger partial charge in [0.15, 0.2) is 4.34 Å². The molecule has 4 nitrogen and oxygen atoms in total. The van der Waals surface area contributed by atoms with Crippen LogP contribution in [-0.2, 0) is 10.8 Å². The van der Waals surface area contributed by atoms with Crippen LogP contribution < -0.4 is 5.32 Å². The third kappa shape index (κ3) is 2.68. The van der Waals surface area contributed by atoms with Crippen molar-refractivity contribution < 1.29 is 9.00 Å². The number of nitrogens with one attached hydrogen (secondary N) is 1. The van der Waals surface area contributed by atoms with Crippen LogP contribution in [0.2, 0.25) is 0 Å². The molecule has 1 amide bonds. The topological polar surface area (TPSA) is 59.1 Å². The molecule has 1 heterocycles. The summed E-state index contributed by atoms with van der Waals surface area (Å²) in [6.07, 6.45) is 8.10. The number of thiazole rings is 1. The summed E-state index contributed by atoms with van der Waals surface area (Å²) in [5.74, 6) is 1.40. The largest absolute Gasteiger partial charge is 0.351 e. The van der Waals surface area contributed by atoms with Gasteiger partial charge in [0.2, 0.25) is 0 Å². The minimum atomic E-state index is -1.07. The lowest BCUT2D eigenvalue weighted by molar-refractivity contribution is 0.0954. The van der Waals surface area contributed by atoms with Crippen molar-refractivity contribution in [3.63, 3.8) is 0 Å². The standard InChI is InChI=1S/C14H20N2O2S2/c1-2-20(18)13-16-9-11(19-13)12(17)15-7-6-14-5-3-4-10(14)8-14/h9-10H,2-8H2,1H3,(H,15,17). The molecule has 0 saturated heterocycles. The molecule has 0 radical (unpaired) electrons. The minimum Gasteiger partial charge on any atom is -0.351 e. The van der Waals surface area contributed by atoms with Crippen molar-refractivity contribution in [2.45, 2.75) is 43.4 Å². The first-order valence-electron chi connectivity index (χ1n) is 7.27. The molecule has 2 aliphatic carbocycles. The highest BCUT2D eigenvalue weighted by atomic mass is 32.2. The maximum absolute atomic E-state index is 12.0. The quantitative estimate of drug-likeness (QED) is 0.878. The molecular weight excluding hydrogens is 292 g/mol. The highest BCUT2D eigenvalue weighted by molar-refractivity contribution is 7.87. The average molecular weight is 312 g/mol. The van der Waals surface area contributed by atoms with E-state index in [9.17, 15) is 9.00 Å². The van der Waals surface area contributed by atoms with E-state index >= 15 is 0 Å². The predicted molar refractivity (Wildman–Crippen MR) is 80.4 cm³/mol. The van der Waals surface area contributed by atoms with E-state index < -0.39 is 10.8 Å². The van der Waals surface area contributed by atoms with E-state index in [1.54, 1.807) is 0 Å². The summed E-state index contributed by atoms with van der Waals surface area (Å²) in [6.45, 7) is 2.60. The summed E-state index contributed by atoms with van der Waals surface area (Å²) in [7, 11) is -1.07. The Balaban J connectivity index is 1.49. The Labute approximate surface area is 125 Å². The monoisotopic (exact) mass is 312 g/mol. The molecule has 3 atom stereocenters. The van der Waals surface area contributed by atoms with Crippen molar-refractivity contribution in [3.05, 3.63) is 11.1 Å². The van der Waals surface area contributed by atoms with Crippen molar-refractivity contribution in [2.75, 3.05) is 12.3 Å². The molecule has 2 saturated carbocycles. The molecule has 0 aliphatic heterocycles. The van der Waals surface area contributed by atoms with Crippen LogP contribution in [0, 0.1) is 11.3 Å². The lowest BCUT2D eigenvalue weighted by Gasteiger charge is -2.11. The third-order valence-electron chi connectivity index (χ3n) is 4.66. The number of carbonyl (C=O) groups is 1. The van der Waals surface area contributed by atoms with Crippen LogP contribution >= 0.6 is 11.3 Å². The van der Waals surface area contributed by atoms with Crippen molar-refractivity contribution in [3.8, 4) is 0 Å². The second-order valence-electron chi connectivity index (χ2n) is 5.79. The van der Waals surface area contributed by atoms with Gasteiger partial charge in [0, 0.05) is 12.3 Å². The van der Waals surface area contributed by atoms with E-state index in [-0.39, 0.29) is 5.91 Å². The molecule has 2 aliphatic rings. The molecule has 3 unspecified atom stereocenters. The smallest absolute Gasteiger partial charge is 0.263 e. The first-order valence-corrected chi connectivity index (χ1v) is 9.40. The number of nitrogens with zero attached hydrogens (tertiary/aromatic N) is 1. The van der Waals surface area contributed by atoms with E-state index in [2.05, 4.69) is 10.3 Å². The van der Waals surface area contributed by atoms with Crippen molar-refractivity contribution in [1.82, 2.24) is 10.3 Å². The minimum absolute atomic E-state index is 0.0755. The van der Waals surface area contributed by atoms with Crippen LogP contribution in [0.15, 0.2) is 10.5 Å². The zero-order valence-corrected chi connectivity index (χ0v) is 13.3. The fourth-order valence-corrected chi connectivity index (χ4v) is 5.36. The van der Waals surface area contributed by atoms with Gasteiger partial charge in [0.25, 0.3) is 5.91 Å². The van der Waals surface area contributed by atoms with Gasteiger partial charge in [-0.25, -0.2) is 4.98 Å². The normalized spacial score (nSPS) is 28.9. The average Bonchev–Trinajstić information content (AvgIpc) is 2.86. The SMILES string of the molecule is CCS(=O)c1ncc(C(=O)NCCC23CCCC2C3)s1. The Morgan fingerprint density at radius 1 is 1.65 bits per heavy atom. The van der Waals surface area contributed by atoms with Gasteiger partial charge in [0.05, 0.1) is 17.0 Å². The molecule has 0 aromatic carbocycles. The fraction of sp³-hybridized carbons (Fsp3) is 0.714. The van der Waals surface area contributed by atoms with Gasteiger partial charge in [-0.3, -0.25) is 9.00 Å². The van der Waals surface area contributed by atoms with Crippen LogP contribution in [0.5, 0.6) is 0 Å². The molecule has 1 N–H and O–H groups in total. The van der Waals surface area contributed by atoms with Crippen LogP contribution in [0.3, 0.4) is 0 Å². The van der Waals surface area contributed by atoms with Gasteiger partial charge in [-0.05, 0) is 37.0 Å². The number of hydrogen-bond acceptors (Lipinski definition) is 4. The predicted octanol–water partition coefficient (Wildman–Crippen LogP) is 2.58. The lowest BCUT2D eigenvalue weighted by Crippen LogP contribution is -2.25. The van der Waals surface area contributed by atoms with Gasteiger partial charge in [-0.1, -0.05) is 13.3 Å². The third-order valence-corrected chi connectivity index (χ3v) is 7.28. The lowest BCUT2D eigenvalue weighted by atomic mass is 9.99. The van der Waals surface area contributed by atoms with Crippen molar-refractivity contribution in [1.29, 1.82) is 0 Å². The number of aromatic nitrogens is 1. The highest BCUT2D eigenvalue weighted by Gasteiger charge is 2.55. The van der Waals surface area contributed by atoms with Crippen LogP contribution in [-0.4, -0.2) is 27.4 Å². The summed E-state index contributed by atoms with van der Waals surface area (Å²) in [5.41, 5.74) is 0.565. The van der Waals surface area contributed by atoms with Crippen LogP contribution in [0.1, 0.15) is 48.7 Å². The maximum atomic E-state index is 12.0. The zero-order chi connectivity index (χ0) is 14.2. The van der Waals surface area contributed by atoms with Gasteiger partial charge in [-0.15, -0.1) is 11.3 Å². The van der Waals surface area contributed by atoms with Gasteiger partial charge >= 0.3 is 0 Å². The molecule has 2 fully saturated rings. The van der Waals surface area contributed by atoms with Crippen LogP contribution in [0.4, 0.5) is 0 Å².